The maximum atomic E-state index is 9.12. The molecule has 4 nitrogen and oxygen atoms in total. The van der Waals surface area contributed by atoms with E-state index in [9.17, 15) is 0 Å². The number of hydrogen-bond donors (Lipinski definition) is 2. The van der Waals surface area contributed by atoms with Crippen molar-refractivity contribution < 1.29 is 5.11 Å². The molecule has 5 heteroatoms. The third-order valence-electron chi connectivity index (χ3n) is 3.46. The molecule has 0 saturated carbocycles. The van der Waals surface area contributed by atoms with E-state index in [4.69, 9.17) is 10.8 Å². The van der Waals surface area contributed by atoms with Crippen molar-refractivity contribution in [3.8, 4) is 0 Å². The molecule has 2 heterocycles. The van der Waals surface area contributed by atoms with E-state index in [-0.39, 0.29) is 0 Å². The minimum absolute atomic E-state index is 0.295. The third-order valence-corrected chi connectivity index (χ3v) is 4.41. The second-order valence-electron chi connectivity index (χ2n) is 4.59. The van der Waals surface area contributed by atoms with Crippen molar-refractivity contribution in [3.05, 3.63) is 16.2 Å². The fourth-order valence-corrected chi connectivity index (χ4v) is 2.71. The van der Waals surface area contributed by atoms with Crippen molar-refractivity contribution in [1.82, 2.24) is 4.98 Å². The molecule has 94 valence electrons. The normalized spacial score (nSPS) is 17.5. The van der Waals surface area contributed by atoms with Crippen LogP contribution >= 0.6 is 15.9 Å². The van der Waals surface area contributed by atoms with Crippen LogP contribution < -0.4 is 10.6 Å². The molecule has 0 radical (unpaired) electrons. The lowest BCUT2D eigenvalue weighted by molar-refractivity contribution is 0.202. The van der Waals surface area contributed by atoms with Crippen LogP contribution in [0.15, 0.2) is 10.7 Å². The van der Waals surface area contributed by atoms with Crippen LogP contribution in [0.3, 0.4) is 0 Å². The van der Waals surface area contributed by atoms with E-state index < -0.39 is 0 Å². The summed E-state index contributed by atoms with van der Waals surface area (Å²) >= 11 is 3.57. The number of nitrogens with zero attached hydrogens (tertiary/aromatic N) is 2. The van der Waals surface area contributed by atoms with Gasteiger partial charge in [0.1, 0.15) is 5.82 Å². The Bertz CT molecular complexity index is 403. The second kappa shape index (κ2) is 5.23. The highest BCUT2D eigenvalue weighted by Gasteiger charge is 2.21. The predicted octanol–water partition coefficient (Wildman–Crippen LogP) is 1.94. The van der Waals surface area contributed by atoms with Crippen LogP contribution in [0.4, 0.5) is 11.5 Å². The highest BCUT2D eigenvalue weighted by Crippen LogP contribution is 2.32. The van der Waals surface area contributed by atoms with Crippen LogP contribution in [-0.4, -0.2) is 29.8 Å². The molecule has 3 N–H and O–H groups in total. The number of nitrogens with two attached hydrogens (primary N) is 1. The number of piperidine rings is 1. The van der Waals surface area contributed by atoms with Gasteiger partial charge in [-0.15, -0.1) is 0 Å². The van der Waals surface area contributed by atoms with Crippen molar-refractivity contribution in [2.75, 3.05) is 30.3 Å². The van der Waals surface area contributed by atoms with Crippen molar-refractivity contribution in [3.63, 3.8) is 0 Å². The fraction of sp³-hybridized carbons (Fsp3) is 0.583. The molecule has 17 heavy (non-hydrogen) atoms. The van der Waals surface area contributed by atoms with Gasteiger partial charge in [0.15, 0.2) is 0 Å². The summed E-state index contributed by atoms with van der Waals surface area (Å²) in [6.07, 6.45) is 3.76. The molecule has 0 aromatic carbocycles. The van der Waals surface area contributed by atoms with Gasteiger partial charge in [-0.3, -0.25) is 0 Å². The number of nitrogen functional groups attached to an aromatic ring is 1. The monoisotopic (exact) mass is 299 g/mol. The lowest BCUT2D eigenvalue weighted by Gasteiger charge is -2.32. The summed E-state index contributed by atoms with van der Waals surface area (Å²) in [5.74, 6) is 1.41. The van der Waals surface area contributed by atoms with E-state index in [1.807, 2.05) is 6.92 Å². The predicted molar refractivity (Wildman–Crippen MR) is 73.1 cm³/mol. The Labute approximate surface area is 110 Å². The highest BCUT2D eigenvalue weighted by atomic mass is 79.9. The minimum Gasteiger partial charge on any atom is -0.397 e. The first-order valence-electron chi connectivity index (χ1n) is 5.90. The Balaban J connectivity index is 2.16. The van der Waals surface area contributed by atoms with Gasteiger partial charge >= 0.3 is 0 Å². The van der Waals surface area contributed by atoms with E-state index in [1.165, 1.54) is 0 Å². The summed E-state index contributed by atoms with van der Waals surface area (Å²) in [6.45, 7) is 4.18. The minimum atomic E-state index is 0.295. The molecule has 1 aromatic heterocycles. The zero-order valence-electron chi connectivity index (χ0n) is 9.99. The molecule has 0 atom stereocenters. The lowest BCUT2D eigenvalue weighted by Crippen LogP contribution is -2.35. The van der Waals surface area contributed by atoms with Crippen LogP contribution in [0.1, 0.15) is 18.4 Å². The van der Waals surface area contributed by atoms with Crippen LogP contribution in [0.25, 0.3) is 0 Å². The molecular formula is C12H18BrN3O. The summed E-state index contributed by atoms with van der Waals surface area (Å²) in [7, 11) is 0. The van der Waals surface area contributed by atoms with Gasteiger partial charge < -0.3 is 15.7 Å². The Kier molecular flexibility index (Phi) is 3.89. The summed E-state index contributed by atoms with van der Waals surface area (Å²) in [6, 6.07) is 0. The Morgan fingerprint density at radius 1 is 1.53 bits per heavy atom. The molecule has 2 rings (SSSR count). The van der Waals surface area contributed by atoms with Gasteiger partial charge in [-0.1, -0.05) is 0 Å². The van der Waals surface area contributed by atoms with Gasteiger partial charge in [0.25, 0.3) is 0 Å². The summed E-state index contributed by atoms with van der Waals surface area (Å²) in [4.78, 5) is 6.66. The third kappa shape index (κ3) is 2.55. The van der Waals surface area contributed by atoms with Crippen molar-refractivity contribution >= 4 is 27.4 Å². The van der Waals surface area contributed by atoms with E-state index in [0.29, 0.717) is 18.2 Å². The lowest BCUT2D eigenvalue weighted by atomic mass is 9.98. The molecule has 0 unspecified atom stereocenters. The number of aliphatic hydroxyl groups is 1. The molecule has 1 fully saturated rings. The highest BCUT2D eigenvalue weighted by molar-refractivity contribution is 9.10. The maximum absolute atomic E-state index is 9.12. The molecular weight excluding hydrogens is 282 g/mol. The second-order valence-corrected chi connectivity index (χ2v) is 5.38. The standard InChI is InChI=1S/C12H18BrN3O/c1-8-10(14)6-15-12(11(8)13)16-4-2-9(7-17)3-5-16/h6,9,17H,2-5,7,14H2,1H3. The number of pyridine rings is 1. The SMILES string of the molecule is Cc1c(N)cnc(N2CCC(CO)CC2)c1Br. The number of aliphatic hydroxyl groups excluding tert-OH is 1. The molecule has 0 aliphatic carbocycles. The number of anilines is 2. The van der Waals surface area contributed by atoms with Crippen LogP contribution in [0, 0.1) is 12.8 Å². The van der Waals surface area contributed by atoms with E-state index in [2.05, 4.69) is 25.8 Å². The number of halogens is 1. The van der Waals surface area contributed by atoms with Crippen LogP contribution in [0.2, 0.25) is 0 Å². The molecule has 1 aromatic rings. The quantitative estimate of drug-likeness (QED) is 0.876. The molecule has 0 amide bonds. The maximum Gasteiger partial charge on any atom is 0.143 e. The largest absolute Gasteiger partial charge is 0.397 e. The van der Waals surface area contributed by atoms with Gasteiger partial charge in [-0.05, 0) is 47.2 Å². The van der Waals surface area contributed by atoms with Crippen molar-refractivity contribution in [2.24, 2.45) is 5.92 Å². The Hall–Kier alpha value is -0.810. The van der Waals surface area contributed by atoms with Gasteiger partial charge in [-0.25, -0.2) is 4.98 Å². The van der Waals surface area contributed by atoms with Gasteiger partial charge in [0.2, 0.25) is 0 Å². The Morgan fingerprint density at radius 3 is 2.76 bits per heavy atom. The van der Waals surface area contributed by atoms with Gasteiger partial charge in [0, 0.05) is 19.7 Å². The Morgan fingerprint density at radius 2 is 2.18 bits per heavy atom. The molecule has 1 saturated heterocycles. The topological polar surface area (TPSA) is 62.4 Å². The van der Waals surface area contributed by atoms with Crippen LogP contribution in [-0.2, 0) is 0 Å². The smallest absolute Gasteiger partial charge is 0.143 e. The summed E-state index contributed by atoms with van der Waals surface area (Å²) < 4.78 is 0.986. The van der Waals surface area contributed by atoms with Crippen molar-refractivity contribution in [1.29, 1.82) is 0 Å². The zero-order valence-corrected chi connectivity index (χ0v) is 11.6. The first-order chi connectivity index (χ1) is 8.13. The van der Waals surface area contributed by atoms with Crippen LogP contribution in [0.5, 0.6) is 0 Å². The van der Waals surface area contributed by atoms with E-state index in [0.717, 1.165) is 41.8 Å². The van der Waals surface area contributed by atoms with E-state index >= 15 is 0 Å². The summed E-state index contributed by atoms with van der Waals surface area (Å²) in [5.41, 5.74) is 7.57. The fourth-order valence-electron chi connectivity index (χ4n) is 2.13. The average molecular weight is 300 g/mol. The van der Waals surface area contributed by atoms with Crippen molar-refractivity contribution in [2.45, 2.75) is 19.8 Å². The molecule has 0 spiro atoms. The molecule has 0 bridgehead atoms. The number of aromatic nitrogens is 1. The van der Waals surface area contributed by atoms with Gasteiger partial charge in [-0.2, -0.15) is 0 Å². The number of hydrogen-bond acceptors (Lipinski definition) is 4. The molecule has 1 aliphatic rings. The van der Waals surface area contributed by atoms with Gasteiger partial charge in [0.05, 0.1) is 16.4 Å². The first kappa shape index (κ1) is 12.6. The number of rotatable bonds is 2. The van der Waals surface area contributed by atoms with E-state index in [1.54, 1.807) is 6.20 Å². The average Bonchev–Trinajstić information content (AvgIpc) is 2.36. The zero-order chi connectivity index (χ0) is 12.4. The first-order valence-corrected chi connectivity index (χ1v) is 6.69. The summed E-state index contributed by atoms with van der Waals surface area (Å²) in [5, 5.41) is 9.12. The molecule has 1 aliphatic heterocycles.